The first-order valence-corrected chi connectivity index (χ1v) is 5.42. The number of benzene rings is 1. The van der Waals surface area contributed by atoms with Crippen molar-refractivity contribution in [1.82, 2.24) is 9.78 Å². The Kier molecular flexibility index (Phi) is 3.32. The molecule has 0 saturated heterocycles. The maximum Gasteiger partial charge on any atom is 0.418 e. The van der Waals surface area contributed by atoms with Crippen molar-refractivity contribution in [1.29, 1.82) is 0 Å². The molecule has 0 bridgehead atoms. The maximum absolute atomic E-state index is 12.8. The fraction of sp³-hybridized carbons (Fsp3) is 0.182. The largest absolute Gasteiger partial charge is 0.418 e. The molecule has 1 heterocycles. The van der Waals surface area contributed by atoms with E-state index in [0.29, 0.717) is 5.56 Å². The van der Waals surface area contributed by atoms with Crippen LogP contribution in [0.3, 0.4) is 0 Å². The SMILES string of the molecule is NCc1cnn(-c2ccccc2C(F)(F)F)c1Cl. The first-order valence-electron chi connectivity index (χ1n) is 5.04. The van der Waals surface area contributed by atoms with Gasteiger partial charge in [-0.3, -0.25) is 0 Å². The summed E-state index contributed by atoms with van der Waals surface area (Å²) in [6, 6.07) is 5.09. The predicted octanol–water partition coefficient (Wildman–Crippen LogP) is 3.00. The van der Waals surface area contributed by atoms with Crippen molar-refractivity contribution < 1.29 is 13.2 Å². The van der Waals surface area contributed by atoms with Crippen LogP contribution < -0.4 is 5.73 Å². The van der Waals surface area contributed by atoms with Crippen LogP contribution in [0.25, 0.3) is 5.69 Å². The Hall–Kier alpha value is -1.53. The Balaban J connectivity index is 2.61. The molecule has 2 rings (SSSR count). The van der Waals surface area contributed by atoms with Crippen LogP contribution in [-0.2, 0) is 12.7 Å². The lowest BCUT2D eigenvalue weighted by Gasteiger charge is -2.13. The highest BCUT2D eigenvalue weighted by Crippen LogP contribution is 2.34. The molecular formula is C11H9ClF3N3. The van der Waals surface area contributed by atoms with Crippen LogP contribution >= 0.6 is 11.6 Å². The van der Waals surface area contributed by atoms with Crippen LogP contribution in [0.4, 0.5) is 13.2 Å². The average molecular weight is 276 g/mol. The number of nitrogens with two attached hydrogens (primary N) is 1. The second-order valence-corrected chi connectivity index (χ2v) is 3.95. The lowest BCUT2D eigenvalue weighted by molar-refractivity contribution is -0.137. The van der Waals surface area contributed by atoms with E-state index >= 15 is 0 Å². The minimum atomic E-state index is -4.46. The van der Waals surface area contributed by atoms with E-state index in [9.17, 15) is 13.2 Å². The zero-order valence-electron chi connectivity index (χ0n) is 9.08. The van der Waals surface area contributed by atoms with Gasteiger partial charge in [-0.25, -0.2) is 4.68 Å². The van der Waals surface area contributed by atoms with Gasteiger partial charge in [0, 0.05) is 12.1 Å². The number of nitrogens with zero attached hydrogens (tertiary/aromatic N) is 2. The van der Waals surface area contributed by atoms with Gasteiger partial charge in [-0.1, -0.05) is 23.7 Å². The van der Waals surface area contributed by atoms with Crippen molar-refractivity contribution in [2.24, 2.45) is 5.73 Å². The van der Waals surface area contributed by atoms with E-state index in [4.69, 9.17) is 17.3 Å². The number of aromatic nitrogens is 2. The highest BCUT2D eigenvalue weighted by atomic mass is 35.5. The van der Waals surface area contributed by atoms with Crippen molar-refractivity contribution in [3.63, 3.8) is 0 Å². The molecule has 1 aromatic heterocycles. The first-order chi connectivity index (χ1) is 8.45. The van der Waals surface area contributed by atoms with E-state index < -0.39 is 11.7 Å². The third kappa shape index (κ3) is 2.21. The summed E-state index contributed by atoms with van der Waals surface area (Å²) in [5, 5.41) is 3.93. The van der Waals surface area contributed by atoms with Gasteiger partial charge in [0.25, 0.3) is 0 Å². The number of para-hydroxylation sites is 1. The molecule has 0 aliphatic heterocycles. The van der Waals surface area contributed by atoms with Crippen LogP contribution in [0, 0.1) is 0 Å². The van der Waals surface area contributed by atoms with Crippen LogP contribution in [0.5, 0.6) is 0 Å². The van der Waals surface area contributed by atoms with Gasteiger partial charge in [-0.15, -0.1) is 0 Å². The Bertz CT molecular complexity index is 563. The summed E-state index contributed by atoms with van der Waals surface area (Å²) in [6.45, 7) is 0.118. The molecule has 0 fully saturated rings. The summed E-state index contributed by atoms with van der Waals surface area (Å²) in [6.07, 6.45) is -3.11. The number of rotatable bonds is 2. The van der Waals surface area contributed by atoms with Gasteiger partial charge in [0.2, 0.25) is 0 Å². The minimum absolute atomic E-state index is 0.0919. The molecule has 1 aromatic carbocycles. The second kappa shape index (κ2) is 4.62. The van der Waals surface area contributed by atoms with Gasteiger partial charge in [0.15, 0.2) is 0 Å². The van der Waals surface area contributed by atoms with Crippen LogP contribution in [0.15, 0.2) is 30.5 Å². The molecular weight excluding hydrogens is 267 g/mol. The van der Waals surface area contributed by atoms with Crippen molar-refractivity contribution >= 4 is 11.6 Å². The monoisotopic (exact) mass is 275 g/mol. The molecule has 0 atom stereocenters. The molecule has 0 radical (unpaired) electrons. The molecule has 0 unspecified atom stereocenters. The van der Waals surface area contributed by atoms with E-state index in [1.807, 2.05) is 0 Å². The quantitative estimate of drug-likeness (QED) is 0.916. The smallest absolute Gasteiger partial charge is 0.326 e. The van der Waals surface area contributed by atoms with Gasteiger partial charge in [0.1, 0.15) is 5.15 Å². The van der Waals surface area contributed by atoms with Crippen LogP contribution in [-0.4, -0.2) is 9.78 Å². The molecule has 0 aliphatic rings. The molecule has 0 aliphatic carbocycles. The topological polar surface area (TPSA) is 43.8 Å². The second-order valence-electron chi connectivity index (χ2n) is 3.59. The Morgan fingerprint density at radius 1 is 1.28 bits per heavy atom. The molecule has 0 spiro atoms. The fourth-order valence-electron chi connectivity index (χ4n) is 1.57. The standard InChI is InChI=1S/C11H9ClF3N3/c12-10-7(5-16)6-17-18(10)9-4-2-1-3-8(9)11(13,14)15/h1-4,6H,5,16H2. The lowest BCUT2D eigenvalue weighted by Crippen LogP contribution is -2.11. The third-order valence-electron chi connectivity index (χ3n) is 2.44. The molecule has 2 aromatic rings. The maximum atomic E-state index is 12.8. The Labute approximate surface area is 106 Å². The number of hydrogen-bond acceptors (Lipinski definition) is 2. The zero-order valence-corrected chi connectivity index (χ0v) is 9.83. The summed E-state index contributed by atoms with van der Waals surface area (Å²) in [7, 11) is 0. The number of hydrogen-bond donors (Lipinski definition) is 1. The Morgan fingerprint density at radius 2 is 1.94 bits per heavy atom. The molecule has 3 nitrogen and oxygen atoms in total. The summed E-state index contributed by atoms with van der Waals surface area (Å²) < 4.78 is 39.6. The summed E-state index contributed by atoms with van der Waals surface area (Å²) >= 11 is 5.93. The number of alkyl halides is 3. The summed E-state index contributed by atoms with van der Waals surface area (Å²) in [4.78, 5) is 0. The molecule has 2 N–H and O–H groups in total. The fourth-order valence-corrected chi connectivity index (χ4v) is 1.83. The van der Waals surface area contributed by atoms with Crippen LogP contribution in [0.2, 0.25) is 5.15 Å². The molecule has 18 heavy (non-hydrogen) atoms. The highest BCUT2D eigenvalue weighted by molar-refractivity contribution is 6.30. The van der Waals surface area contributed by atoms with E-state index in [0.717, 1.165) is 10.7 Å². The van der Waals surface area contributed by atoms with Crippen molar-refractivity contribution in [2.45, 2.75) is 12.7 Å². The van der Waals surface area contributed by atoms with E-state index in [1.54, 1.807) is 0 Å². The summed E-state index contributed by atoms with van der Waals surface area (Å²) in [5.74, 6) is 0. The zero-order chi connectivity index (χ0) is 13.3. The molecule has 7 heteroatoms. The highest BCUT2D eigenvalue weighted by Gasteiger charge is 2.34. The van der Waals surface area contributed by atoms with Gasteiger partial charge in [-0.05, 0) is 12.1 Å². The van der Waals surface area contributed by atoms with Crippen molar-refractivity contribution in [3.05, 3.63) is 46.7 Å². The predicted molar refractivity (Wildman–Crippen MR) is 61.5 cm³/mol. The average Bonchev–Trinajstić information content (AvgIpc) is 2.69. The van der Waals surface area contributed by atoms with E-state index in [-0.39, 0.29) is 17.4 Å². The van der Waals surface area contributed by atoms with Crippen molar-refractivity contribution in [3.8, 4) is 5.69 Å². The molecule has 0 saturated carbocycles. The molecule has 0 amide bonds. The molecule has 96 valence electrons. The lowest BCUT2D eigenvalue weighted by atomic mass is 10.1. The number of halogens is 4. The van der Waals surface area contributed by atoms with Crippen molar-refractivity contribution in [2.75, 3.05) is 0 Å². The Morgan fingerprint density at radius 3 is 2.50 bits per heavy atom. The van der Waals surface area contributed by atoms with Gasteiger partial charge >= 0.3 is 6.18 Å². The minimum Gasteiger partial charge on any atom is -0.326 e. The normalized spacial score (nSPS) is 11.8. The van der Waals surface area contributed by atoms with Gasteiger partial charge < -0.3 is 5.73 Å². The van der Waals surface area contributed by atoms with E-state index in [2.05, 4.69) is 5.10 Å². The van der Waals surface area contributed by atoms with E-state index in [1.165, 1.54) is 24.4 Å². The summed E-state index contributed by atoms with van der Waals surface area (Å²) in [5.41, 5.74) is 4.99. The van der Waals surface area contributed by atoms with Crippen LogP contribution in [0.1, 0.15) is 11.1 Å². The third-order valence-corrected chi connectivity index (χ3v) is 2.84. The van der Waals surface area contributed by atoms with Gasteiger partial charge in [-0.2, -0.15) is 18.3 Å². The van der Waals surface area contributed by atoms with Gasteiger partial charge in [0.05, 0.1) is 17.4 Å². The first kappa shape index (κ1) is 12.9.